The standard InChI is InChI=1S/C20H34N4O3S/c1-6-21-19(22-11-16-28(25,26)20(2,3)4)24-14-12-23(13-15-24)17-7-9-18(27-5)10-8-17/h7-10H,6,11-16H2,1-5H3,(H,21,22). The van der Waals surface area contributed by atoms with Crippen LogP contribution in [0.1, 0.15) is 27.7 Å². The largest absolute Gasteiger partial charge is 0.497 e. The summed E-state index contributed by atoms with van der Waals surface area (Å²) in [6, 6.07) is 8.10. The average Bonchev–Trinajstić information content (AvgIpc) is 2.66. The fourth-order valence-electron chi connectivity index (χ4n) is 2.97. The number of guanidine groups is 1. The highest BCUT2D eigenvalue weighted by atomic mass is 32.2. The first-order valence-electron chi connectivity index (χ1n) is 9.82. The third-order valence-corrected chi connectivity index (χ3v) is 7.49. The van der Waals surface area contributed by atoms with E-state index < -0.39 is 14.6 Å². The van der Waals surface area contributed by atoms with Gasteiger partial charge in [-0.3, -0.25) is 4.99 Å². The summed E-state index contributed by atoms with van der Waals surface area (Å²) in [7, 11) is -1.49. The fraction of sp³-hybridized carbons (Fsp3) is 0.650. The second-order valence-corrected chi connectivity index (χ2v) is 10.7. The maximum absolute atomic E-state index is 12.3. The molecule has 1 aliphatic rings. The maximum Gasteiger partial charge on any atom is 0.194 e. The van der Waals surface area contributed by atoms with Crippen molar-refractivity contribution in [2.24, 2.45) is 4.99 Å². The predicted molar refractivity (Wildman–Crippen MR) is 116 cm³/mol. The zero-order chi connectivity index (χ0) is 20.8. The Kier molecular flexibility index (Phi) is 7.57. The summed E-state index contributed by atoms with van der Waals surface area (Å²) < 4.78 is 29.1. The monoisotopic (exact) mass is 410 g/mol. The molecular weight excluding hydrogens is 376 g/mol. The summed E-state index contributed by atoms with van der Waals surface area (Å²) in [5.74, 6) is 1.71. The molecule has 0 radical (unpaired) electrons. The molecule has 0 atom stereocenters. The summed E-state index contributed by atoms with van der Waals surface area (Å²) in [5, 5.41) is 3.29. The lowest BCUT2D eigenvalue weighted by Crippen LogP contribution is -2.52. The van der Waals surface area contributed by atoms with Crippen molar-refractivity contribution in [3.63, 3.8) is 0 Å². The Morgan fingerprint density at radius 1 is 1.14 bits per heavy atom. The molecule has 1 aromatic carbocycles. The number of piperazine rings is 1. The first-order chi connectivity index (χ1) is 13.2. The molecule has 1 N–H and O–H groups in total. The number of hydrogen-bond donors (Lipinski definition) is 1. The van der Waals surface area contributed by atoms with E-state index in [0.29, 0.717) is 0 Å². The van der Waals surface area contributed by atoms with E-state index in [-0.39, 0.29) is 12.3 Å². The van der Waals surface area contributed by atoms with Crippen LogP contribution < -0.4 is 15.0 Å². The number of aliphatic imine (C=N–C) groups is 1. The molecule has 0 aliphatic carbocycles. The summed E-state index contributed by atoms with van der Waals surface area (Å²) >= 11 is 0. The molecule has 8 heteroatoms. The summed E-state index contributed by atoms with van der Waals surface area (Å²) in [4.78, 5) is 9.11. The van der Waals surface area contributed by atoms with Crippen LogP contribution in [0.5, 0.6) is 5.75 Å². The van der Waals surface area contributed by atoms with Crippen molar-refractivity contribution in [1.82, 2.24) is 10.2 Å². The van der Waals surface area contributed by atoms with Gasteiger partial charge in [-0.05, 0) is 52.0 Å². The minimum Gasteiger partial charge on any atom is -0.497 e. The average molecular weight is 411 g/mol. The van der Waals surface area contributed by atoms with Crippen LogP contribution in [0.15, 0.2) is 29.3 Å². The summed E-state index contributed by atoms with van der Waals surface area (Å²) in [6.45, 7) is 11.7. The summed E-state index contributed by atoms with van der Waals surface area (Å²) in [5.41, 5.74) is 1.18. The normalized spacial score (nSPS) is 16.2. The van der Waals surface area contributed by atoms with Crippen LogP contribution in [0.2, 0.25) is 0 Å². The molecule has 0 unspecified atom stereocenters. The zero-order valence-corrected chi connectivity index (χ0v) is 18.6. The fourth-order valence-corrected chi connectivity index (χ4v) is 3.92. The van der Waals surface area contributed by atoms with Crippen LogP contribution >= 0.6 is 0 Å². The smallest absolute Gasteiger partial charge is 0.194 e. The minimum atomic E-state index is -3.16. The van der Waals surface area contributed by atoms with Gasteiger partial charge in [-0.15, -0.1) is 0 Å². The van der Waals surface area contributed by atoms with E-state index in [0.717, 1.165) is 44.4 Å². The third kappa shape index (κ3) is 5.77. The van der Waals surface area contributed by atoms with Gasteiger partial charge in [0.25, 0.3) is 0 Å². The third-order valence-electron chi connectivity index (χ3n) is 4.91. The van der Waals surface area contributed by atoms with Crippen molar-refractivity contribution in [2.75, 3.05) is 57.0 Å². The lowest BCUT2D eigenvalue weighted by molar-refractivity contribution is 0.372. The lowest BCUT2D eigenvalue weighted by atomic mass is 10.2. The highest BCUT2D eigenvalue weighted by Crippen LogP contribution is 2.20. The molecule has 1 heterocycles. The van der Waals surface area contributed by atoms with Crippen molar-refractivity contribution in [3.05, 3.63) is 24.3 Å². The first kappa shape index (κ1) is 22.3. The van der Waals surface area contributed by atoms with Crippen LogP contribution in [0.4, 0.5) is 5.69 Å². The Bertz CT molecular complexity index is 747. The Hall–Kier alpha value is -1.96. The van der Waals surface area contributed by atoms with E-state index in [1.807, 2.05) is 19.1 Å². The van der Waals surface area contributed by atoms with Crippen molar-refractivity contribution in [3.8, 4) is 5.75 Å². The number of nitrogens with one attached hydrogen (secondary N) is 1. The van der Waals surface area contributed by atoms with Crippen molar-refractivity contribution >= 4 is 21.5 Å². The van der Waals surface area contributed by atoms with E-state index in [4.69, 9.17) is 4.74 Å². The van der Waals surface area contributed by atoms with Gasteiger partial charge in [-0.2, -0.15) is 0 Å². The maximum atomic E-state index is 12.3. The number of anilines is 1. The van der Waals surface area contributed by atoms with Crippen LogP contribution in [0, 0.1) is 0 Å². The van der Waals surface area contributed by atoms with E-state index >= 15 is 0 Å². The Labute approximate surface area is 169 Å². The van der Waals surface area contributed by atoms with Gasteiger partial charge in [0.1, 0.15) is 5.75 Å². The molecule has 1 saturated heterocycles. The number of methoxy groups -OCH3 is 1. The SMILES string of the molecule is CCNC(=NCCS(=O)(=O)C(C)(C)C)N1CCN(c2ccc(OC)cc2)CC1. The molecule has 28 heavy (non-hydrogen) atoms. The van der Waals surface area contributed by atoms with Gasteiger partial charge < -0.3 is 19.9 Å². The predicted octanol–water partition coefficient (Wildman–Crippen LogP) is 2.00. The Morgan fingerprint density at radius 2 is 1.75 bits per heavy atom. The minimum absolute atomic E-state index is 0.0667. The van der Waals surface area contributed by atoms with Gasteiger partial charge in [0.05, 0.1) is 24.2 Å². The number of benzene rings is 1. The molecule has 0 amide bonds. The number of sulfone groups is 1. The van der Waals surface area contributed by atoms with Gasteiger partial charge in [0, 0.05) is 38.4 Å². The number of nitrogens with zero attached hydrogens (tertiary/aromatic N) is 3. The van der Waals surface area contributed by atoms with Crippen LogP contribution in [-0.4, -0.2) is 76.2 Å². The molecular formula is C20H34N4O3S. The topological polar surface area (TPSA) is 74.2 Å². The van der Waals surface area contributed by atoms with Gasteiger partial charge in [-0.25, -0.2) is 8.42 Å². The number of hydrogen-bond acceptors (Lipinski definition) is 5. The quantitative estimate of drug-likeness (QED) is 0.571. The molecule has 7 nitrogen and oxygen atoms in total. The molecule has 1 fully saturated rings. The van der Waals surface area contributed by atoms with Crippen molar-refractivity contribution in [1.29, 1.82) is 0 Å². The van der Waals surface area contributed by atoms with E-state index in [1.165, 1.54) is 5.69 Å². The van der Waals surface area contributed by atoms with E-state index in [1.54, 1.807) is 27.9 Å². The first-order valence-corrected chi connectivity index (χ1v) is 11.5. The highest BCUT2D eigenvalue weighted by Gasteiger charge is 2.28. The van der Waals surface area contributed by atoms with Crippen LogP contribution in [0.3, 0.4) is 0 Å². The van der Waals surface area contributed by atoms with Crippen LogP contribution in [-0.2, 0) is 9.84 Å². The molecule has 158 valence electrons. The Balaban J connectivity index is 1.96. The van der Waals surface area contributed by atoms with Crippen molar-refractivity contribution in [2.45, 2.75) is 32.4 Å². The second kappa shape index (κ2) is 9.49. The number of ether oxygens (including phenoxy) is 1. The molecule has 1 aromatic rings. The van der Waals surface area contributed by atoms with E-state index in [2.05, 4.69) is 32.2 Å². The molecule has 0 bridgehead atoms. The van der Waals surface area contributed by atoms with E-state index in [9.17, 15) is 8.42 Å². The molecule has 0 aromatic heterocycles. The molecule has 0 spiro atoms. The van der Waals surface area contributed by atoms with Gasteiger partial charge in [-0.1, -0.05) is 0 Å². The molecule has 1 aliphatic heterocycles. The second-order valence-electron chi connectivity index (χ2n) is 7.84. The van der Waals surface area contributed by atoms with Gasteiger partial charge in [0.15, 0.2) is 15.8 Å². The molecule has 0 saturated carbocycles. The molecule has 2 rings (SSSR count). The summed E-state index contributed by atoms with van der Waals surface area (Å²) in [6.07, 6.45) is 0. The van der Waals surface area contributed by atoms with Crippen LogP contribution in [0.25, 0.3) is 0 Å². The number of rotatable bonds is 6. The van der Waals surface area contributed by atoms with Crippen molar-refractivity contribution < 1.29 is 13.2 Å². The van der Waals surface area contributed by atoms with Gasteiger partial charge >= 0.3 is 0 Å². The lowest BCUT2D eigenvalue weighted by Gasteiger charge is -2.37. The van der Waals surface area contributed by atoms with Gasteiger partial charge in [0.2, 0.25) is 0 Å². The Morgan fingerprint density at radius 3 is 2.25 bits per heavy atom. The highest BCUT2D eigenvalue weighted by molar-refractivity contribution is 7.92. The zero-order valence-electron chi connectivity index (χ0n) is 17.7.